The van der Waals surface area contributed by atoms with E-state index in [-0.39, 0.29) is 42.8 Å². The summed E-state index contributed by atoms with van der Waals surface area (Å²) in [5.74, 6) is 0. The summed E-state index contributed by atoms with van der Waals surface area (Å²) in [6.45, 7) is 5.04. The first-order valence-electron chi connectivity index (χ1n) is 15.1. The molecule has 0 spiro atoms. The van der Waals surface area contributed by atoms with Gasteiger partial charge < -0.3 is 48.0 Å². The second kappa shape index (κ2) is 24.2. The zero-order valence-electron chi connectivity index (χ0n) is 24.9. The molecule has 0 radical (unpaired) electrons. The third kappa shape index (κ3) is 23.3. The summed E-state index contributed by atoms with van der Waals surface area (Å²) in [5, 5.41) is 4.84. The van der Waals surface area contributed by atoms with Crippen molar-refractivity contribution < 1.29 is 52.3 Å². The van der Waals surface area contributed by atoms with Crippen molar-refractivity contribution in [2.24, 2.45) is 0 Å². The van der Waals surface area contributed by atoms with Crippen molar-refractivity contribution in [2.45, 2.75) is 122 Å². The largest absolute Gasteiger partial charge is 1.00 e. The molecule has 2 atom stereocenters. The molecule has 0 bridgehead atoms. The molecular weight excluding hydrogens is 597 g/mol. The number of halogens is 1. The Hall–Kier alpha value is -0.650. The van der Waals surface area contributed by atoms with Crippen molar-refractivity contribution in [3.63, 3.8) is 0 Å². The molecule has 1 rings (SSSR count). The molecule has 2 unspecified atom stereocenters. The quantitative estimate of drug-likeness (QED) is 0.106. The highest BCUT2D eigenvalue weighted by Crippen LogP contribution is 2.20. The van der Waals surface area contributed by atoms with Crippen molar-refractivity contribution >= 4 is 12.1 Å². The molecule has 0 aromatic rings. The predicted molar refractivity (Wildman–Crippen MR) is 150 cm³/mol. The molecule has 1 aliphatic heterocycles. The first-order chi connectivity index (χ1) is 17.8. The van der Waals surface area contributed by atoms with Crippen LogP contribution in [0, 0.1) is 0 Å². The van der Waals surface area contributed by atoms with E-state index in [9.17, 15) is 9.59 Å². The van der Waals surface area contributed by atoms with Crippen molar-refractivity contribution in [1.29, 1.82) is 0 Å². The Kier molecular flexibility index (Phi) is 23.8. The van der Waals surface area contributed by atoms with Gasteiger partial charge in [-0.3, -0.25) is 0 Å². The van der Waals surface area contributed by atoms with Gasteiger partial charge in [0.25, 0.3) is 0 Å². The Bertz CT molecular complexity index is 589. The van der Waals surface area contributed by atoms with Gasteiger partial charge in [-0.2, -0.15) is 0 Å². The van der Waals surface area contributed by atoms with E-state index in [1.807, 2.05) is 21.1 Å². The number of alkyl carbamates (subject to hydrolysis) is 1. The van der Waals surface area contributed by atoms with Crippen LogP contribution in [0.25, 0.3) is 0 Å². The van der Waals surface area contributed by atoms with E-state index in [0.717, 1.165) is 36.9 Å². The maximum atomic E-state index is 11.8. The molecule has 0 aliphatic carbocycles. The highest BCUT2D eigenvalue weighted by atomic mass is 127. The Morgan fingerprint density at radius 1 is 0.789 bits per heavy atom. The normalized spacial score (nSPS) is 17.2. The molecule has 3 amide bonds. The molecule has 0 aromatic carbocycles. The van der Waals surface area contributed by atoms with Gasteiger partial charge in [-0.25, -0.2) is 14.9 Å². The first-order valence-corrected chi connectivity index (χ1v) is 15.1. The second-order valence-electron chi connectivity index (χ2n) is 11.6. The lowest BCUT2D eigenvalue weighted by Gasteiger charge is -2.23. The number of amides is 3. The average Bonchev–Trinajstić information content (AvgIpc) is 3.29. The number of carbonyl (C=O) groups excluding carboxylic acids is 2. The maximum absolute atomic E-state index is 11.8. The summed E-state index contributed by atoms with van der Waals surface area (Å²) in [5.41, 5.74) is 0. The van der Waals surface area contributed by atoms with E-state index < -0.39 is 12.1 Å². The third-order valence-electron chi connectivity index (χ3n) is 6.83. The fourth-order valence-electron chi connectivity index (χ4n) is 4.49. The van der Waals surface area contributed by atoms with Crippen molar-refractivity contribution in [3.8, 4) is 0 Å². The first kappa shape index (κ1) is 37.4. The monoisotopic (exact) mass is 655 g/mol. The number of carbonyl (C=O) groups is 2. The van der Waals surface area contributed by atoms with Crippen LogP contribution in [-0.4, -0.2) is 82.9 Å². The number of nitrogens with zero attached hydrogens (tertiary/aromatic N) is 1. The minimum Gasteiger partial charge on any atom is -1.00 e. The lowest BCUT2D eigenvalue weighted by molar-refractivity contribution is -0.869. The van der Waals surface area contributed by atoms with Crippen LogP contribution in [0.4, 0.5) is 9.59 Å². The standard InChI is InChI=1S/C29H57N3O5.HI/c1-5-6-7-8-9-10-11-12-13-14-15-16-17-18-23-35-24-26-19-20-27(37-26)25-36-29(34)31-28(33)30-21-22-32(2,3)4;/h26-27H,5-25H2,1-4H3,(H-,30,31,33,34);1H. The van der Waals surface area contributed by atoms with Gasteiger partial charge in [0.1, 0.15) is 6.61 Å². The number of urea groups is 1. The Balaban J connectivity index is 0.0000137. The van der Waals surface area contributed by atoms with Gasteiger partial charge in [0, 0.05) is 6.61 Å². The molecular formula is C29H58IN3O5. The zero-order chi connectivity index (χ0) is 27.2. The van der Waals surface area contributed by atoms with Crippen LogP contribution in [0.3, 0.4) is 0 Å². The predicted octanol–water partition coefficient (Wildman–Crippen LogP) is 3.18. The number of rotatable bonds is 22. The van der Waals surface area contributed by atoms with Crippen LogP contribution < -0.4 is 34.6 Å². The zero-order valence-corrected chi connectivity index (χ0v) is 27.0. The topological polar surface area (TPSA) is 85.9 Å². The summed E-state index contributed by atoms with van der Waals surface area (Å²) in [6, 6.07) is -0.541. The highest BCUT2D eigenvalue weighted by Gasteiger charge is 2.26. The number of quaternary nitrogens is 1. The molecule has 1 fully saturated rings. The number of hydrogen-bond acceptors (Lipinski definition) is 5. The highest BCUT2D eigenvalue weighted by molar-refractivity contribution is 5.90. The molecule has 1 aliphatic rings. The van der Waals surface area contributed by atoms with E-state index in [2.05, 4.69) is 17.6 Å². The van der Waals surface area contributed by atoms with E-state index in [1.54, 1.807) is 0 Å². The van der Waals surface area contributed by atoms with E-state index in [0.29, 0.717) is 13.2 Å². The lowest BCUT2D eigenvalue weighted by Crippen LogP contribution is -3.00. The van der Waals surface area contributed by atoms with E-state index in [1.165, 1.54) is 83.5 Å². The van der Waals surface area contributed by atoms with Gasteiger partial charge in [0.2, 0.25) is 0 Å². The summed E-state index contributed by atoms with van der Waals surface area (Å²) in [4.78, 5) is 23.5. The van der Waals surface area contributed by atoms with Crippen LogP contribution in [0.2, 0.25) is 0 Å². The van der Waals surface area contributed by atoms with Gasteiger partial charge in [-0.1, -0.05) is 90.4 Å². The van der Waals surface area contributed by atoms with Crippen LogP contribution in [-0.2, 0) is 14.2 Å². The smallest absolute Gasteiger partial charge is 0.415 e. The van der Waals surface area contributed by atoms with Gasteiger partial charge in [-0.15, -0.1) is 0 Å². The third-order valence-corrected chi connectivity index (χ3v) is 6.83. The number of hydrogen-bond donors (Lipinski definition) is 2. The lowest BCUT2D eigenvalue weighted by atomic mass is 10.0. The molecule has 0 aromatic heterocycles. The maximum Gasteiger partial charge on any atom is 0.415 e. The van der Waals surface area contributed by atoms with E-state index >= 15 is 0 Å². The van der Waals surface area contributed by atoms with Crippen LogP contribution in [0.15, 0.2) is 0 Å². The van der Waals surface area contributed by atoms with Crippen LogP contribution in [0.5, 0.6) is 0 Å². The molecule has 226 valence electrons. The minimum atomic E-state index is -0.746. The van der Waals surface area contributed by atoms with Crippen molar-refractivity contribution in [2.75, 3.05) is 54.1 Å². The van der Waals surface area contributed by atoms with E-state index in [4.69, 9.17) is 14.2 Å². The number of imide groups is 1. The minimum absolute atomic E-state index is 0. The molecule has 0 saturated carbocycles. The Labute approximate surface area is 250 Å². The summed E-state index contributed by atoms with van der Waals surface area (Å²) >= 11 is 0. The van der Waals surface area contributed by atoms with Gasteiger partial charge in [0.05, 0.1) is 53.0 Å². The molecule has 1 saturated heterocycles. The summed E-state index contributed by atoms with van der Waals surface area (Å²) < 4.78 is 17.6. The van der Waals surface area contributed by atoms with Crippen molar-refractivity contribution in [3.05, 3.63) is 0 Å². The fraction of sp³-hybridized carbons (Fsp3) is 0.931. The van der Waals surface area contributed by atoms with Gasteiger partial charge in [-0.05, 0) is 19.3 Å². The molecule has 1 heterocycles. The fourth-order valence-corrected chi connectivity index (χ4v) is 4.49. The number of likely N-dealkylation sites (N-methyl/N-ethyl adjacent to an activating group) is 1. The molecule has 9 heteroatoms. The molecule has 8 nitrogen and oxygen atoms in total. The second-order valence-corrected chi connectivity index (χ2v) is 11.6. The Morgan fingerprint density at radius 2 is 1.29 bits per heavy atom. The Morgan fingerprint density at radius 3 is 1.82 bits per heavy atom. The van der Waals surface area contributed by atoms with Crippen LogP contribution in [0.1, 0.15) is 110 Å². The van der Waals surface area contributed by atoms with Crippen LogP contribution >= 0.6 is 0 Å². The summed E-state index contributed by atoms with van der Waals surface area (Å²) in [6.07, 6.45) is 19.9. The van der Waals surface area contributed by atoms with Crippen molar-refractivity contribution in [1.82, 2.24) is 10.6 Å². The number of nitrogens with one attached hydrogen (secondary N) is 2. The SMILES string of the molecule is CCCCCCCCCCCCCCCCOCC1CCC(COC(=O)NC(=O)NCC[N+](C)(C)C)O1.[I-]. The van der Waals surface area contributed by atoms with Gasteiger partial charge in [0.15, 0.2) is 0 Å². The average molecular weight is 656 g/mol. The van der Waals surface area contributed by atoms with Gasteiger partial charge >= 0.3 is 12.1 Å². The number of ether oxygens (including phenoxy) is 3. The number of unbranched alkanes of at least 4 members (excludes halogenated alkanes) is 13. The molecule has 2 N–H and O–H groups in total. The summed E-state index contributed by atoms with van der Waals surface area (Å²) in [7, 11) is 6.11. The molecule has 38 heavy (non-hydrogen) atoms.